The van der Waals surface area contributed by atoms with Crippen molar-refractivity contribution in [2.75, 3.05) is 20.8 Å². The van der Waals surface area contributed by atoms with Crippen molar-refractivity contribution >= 4 is 11.3 Å². The SMILES string of the molecule is COc1ccc(-c2nc(C[NH+]3CCC[C@H]3c3cccn3C)cs2)cc1OC. The van der Waals surface area contributed by atoms with Crippen LogP contribution in [-0.4, -0.2) is 30.3 Å². The highest BCUT2D eigenvalue weighted by Gasteiger charge is 2.32. The molecule has 1 aliphatic heterocycles. The first-order valence-corrected chi connectivity index (χ1v) is 10.2. The number of benzene rings is 1. The van der Waals surface area contributed by atoms with E-state index in [-0.39, 0.29) is 0 Å². The molecule has 0 amide bonds. The lowest BCUT2D eigenvalue weighted by atomic mass is 10.1. The number of aromatic nitrogens is 2. The first-order valence-electron chi connectivity index (χ1n) is 9.32. The summed E-state index contributed by atoms with van der Waals surface area (Å²) in [5.41, 5.74) is 3.66. The third-order valence-corrected chi connectivity index (χ3v) is 6.36. The Morgan fingerprint density at radius 2 is 2.07 bits per heavy atom. The standard InChI is InChI=1S/C21H25N3O2S/c1-23-10-4-6-17(23)18-7-5-11-24(18)13-16-14-27-21(22-16)15-8-9-19(25-2)20(12-15)26-3/h4,6,8-10,12,14,18H,5,7,11,13H2,1-3H3/p+1/t18-/m0/s1. The number of thiazole rings is 1. The third-order valence-electron chi connectivity index (χ3n) is 5.41. The molecular formula is C21H26N3O2S+. The lowest BCUT2D eigenvalue weighted by Crippen LogP contribution is -3.09. The summed E-state index contributed by atoms with van der Waals surface area (Å²) in [6, 6.07) is 10.9. The van der Waals surface area contributed by atoms with Gasteiger partial charge in [-0.3, -0.25) is 0 Å². The number of ether oxygens (including phenoxy) is 2. The number of methoxy groups -OCH3 is 2. The highest BCUT2D eigenvalue weighted by Crippen LogP contribution is 2.33. The quantitative estimate of drug-likeness (QED) is 0.710. The zero-order chi connectivity index (χ0) is 18.8. The molecule has 1 aromatic carbocycles. The summed E-state index contributed by atoms with van der Waals surface area (Å²) in [4.78, 5) is 6.52. The van der Waals surface area contributed by atoms with Gasteiger partial charge in [0.2, 0.25) is 0 Å². The van der Waals surface area contributed by atoms with Crippen molar-refractivity contribution in [2.45, 2.75) is 25.4 Å². The predicted octanol–water partition coefficient (Wildman–Crippen LogP) is 3.09. The topological polar surface area (TPSA) is 40.7 Å². The minimum atomic E-state index is 0.566. The Hall–Kier alpha value is -2.31. The van der Waals surface area contributed by atoms with E-state index in [9.17, 15) is 0 Å². The first kappa shape index (κ1) is 18.1. The van der Waals surface area contributed by atoms with Crippen molar-refractivity contribution in [1.82, 2.24) is 9.55 Å². The Morgan fingerprint density at radius 1 is 1.22 bits per heavy atom. The molecule has 4 rings (SSSR count). The van der Waals surface area contributed by atoms with Gasteiger partial charge in [-0.25, -0.2) is 4.98 Å². The summed E-state index contributed by atoms with van der Waals surface area (Å²) < 4.78 is 13.0. The fraction of sp³-hybridized carbons (Fsp3) is 0.381. The first-order chi connectivity index (χ1) is 13.2. The molecule has 1 fully saturated rings. The molecule has 3 aromatic rings. The van der Waals surface area contributed by atoms with Crippen molar-refractivity contribution in [1.29, 1.82) is 0 Å². The fourth-order valence-corrected chi connectivity index (χ4v) is 4.86. The molecular weight excluding hydrogens is 358 g/mol. The summed E-state index contributed by atoms with van der Waals surface area (Å²) in [6.45, 7) is 2.18. The minimum absolute atomic E-state index is 0.566. The van der Waals surface area contributed by atoms with Crippen LogP contribution in [0.15, 0.2) is 41.9 Å². The zero-order valence-electron chi connectivity index (χ0n) is 16.1. The number of likely N-dealkylation sites (tertiary alicyclic amines) is 1. The summed E-state index contributed by atoms with van der Waals surface area (Å²) in [7, 11) is 5.46. The molecule has 27 heavy (non-hydrogen) atoms. The van der Waals surface area contributed by atoms with Crippen LogP contribution in [0, 0.1) is 0 Å². The number of hydrogen-bond acceptors (Lipinski definition) is 4. The van der Waals surface area contributed by atoms with E-state index >= 15 is 0 Å². The number of nitrogens with one attached hydrogen (secondary N) is 1. The maximum Gasteiger partial charge on any atom is 0.161 e. The molecule has 1 N–H and O–H groups in total. The molecule has 6 heteroatoms. The van der Waals surface area contributed by atoms with Gasteiger partial charge in [-0.05, 0) is 30.3 Å². The maximum absolute atomic E-state index is 5.42. The van der Waals surface area contributed by atoms with Gasteiger partial charge in [-0.15, -0.1) is 11.3 Å². The van der Waals surface area contributed by atoms with Crippen LogP contribution in [-0.2, 0) is 13.6 Å². The van der Waals surface area contributed by atoms with Gasteiger partial charge in [-0.2, -0.15) is 0 Å². The van der Waals surface area contributed by atoms with E-state index < -0.39 is 0 Å². The van der Waals surface area contributed by atoms with Crippen molar-refractivity contribution in [2.24, 2.45) is 7.05 Å². The molecule has 2 aromatic heterocycles. The molecule has 0 aliphatic carbocycles. The zero-order valence-corrected chi connectivity index (χ0v) is 16.9. The van der Waals surface area contributed by atoms with Crippen LogP contribution in [0.1, 0.15) is 30.3 Å². The highest BCUT2D eigenvalue weighted by molar-refractivity contribution is 7.13. The van der Waals surface area contributed by atoms with Crippen molar-refractivity contribution in [3.8, 4) is 22.1 Å². The van der Waals surface area contributed by atoms with Crippen LogP contribution in [0.5, 0.6) is 11.5 Å². The maximum atomic E-state index is 5.42. The second-order valence-corrected chi connectivity index (χ2v) is 7.90. The second kappa shape index (κ2) is 7.74. The van der Waals surface area contributed by atoms with Crippen LogP contribution in [0.2, 0.25) is 0 Å². The number of nitrogens with zero attached hydrogens (tertiary/aromatic N) is 2. The Kier molecular flexibility index (Phi) is 5.18. The van der Waals surface area contributed by atoms with Gasteiger partial charge in [0.1, 0.15) is 23.3 Å². The van der Waals surface area contributed by atoms with E-state index in [1.165, 1.54) is 30.8 Å². The number of quaternary nitrogens is 1. The molecule has 142 valence electrons. The third kappa shape index (κ3) is 3.59. The molecule has 0 spiro atoms. The fourth-order valence-electron chi connectivity index (χ4n) is 4.04. The van der Waals surface area contributed by atoms with Gasteiger partial charge in [0.25, 0.3) is 0 Å². The average Bonchev–Trinajstić information content (AvgIpc) is 3.43. The summed E-state index contributed by atoms with van der Waals surface area (Å²) in [6.07, 6.45) is 4.67. The van der Waals surface area contributed by atoms with E-state index in [2.05, 4.69) is 35.3 Å². The minimum Gasteiger partial charge on any atom is -0.493 e. The number of hydrogen-bond donors (Lipinski definition) is 1. The Labute approximate surface area is 164 Å². The monoisotopic (exact) mass is 384 g/mol. The van der Waals surface area contributed by atoms with Crippen molar-refractivity contribution < 1.29 is 14.4 Å². The van der Waals surface area contributed by atoms with Crippen molar-refractivity contribution in [3.05, 3.63) is 53.3 Å². The Morgan fingerprint density at radius 3 is 2.81 bits per heavy atom. The van der Waals surface area contributed by atoms with Crippen LogP contribution in [0.4, 0.5) is 0 Å². The normalized spacial score (nSPS) is 19.4. The van der Waals surface area contributed by atoms with Gasteiger partial charge in [0, 0.05) is 37.0 Å². The van der Waals surface area contributed by atoms with E-state index in [1.54, 1.807) is 30.5 Å². The molecule has 3 heterocycles. The lowest BCUT2D eigenvalue weighted by molar-refractivity contribution is -0.932. The number of aryl methyl sites for hydroxylation is 1. The van der Waals surface area contributed by atoms with E-state index in [0.717, 1.165) is 28.6 Å². The summed E-state index contributed by atoms with van der Waals surface area (Å²) >= 11 is 1.69. The smallest absolute Gasteiger partial charge is 0.161 e. The largest absolute Gasteiger partial charge is 0.493 e. The molecule has 5 nitrogen and oxygen atoms in total. The van der Waals surface area contributed by atoms with Crippen LogP contribution < -0.4 is 14.4 Å². The molecule has 0 bridgehead atoms. The van der Waals surface area contributed by atoms with Crippen molar-refractivity contribution in [3.63, 3.8) is 0 Å². The molecule has 0 radical (unpaired) electrons. The van der Waals surface area contributed by atoms with E-state index in [4.69, 9.17) is 14.5 Å². The number of rotatable bonds is 6. The summed E-state index contributed by atoms with van der Waals surface area (Å²) in [5, 5.41) is 3.22. The molecule has 0 saturated carbocycles. The van der Waals surface area contributed by atoms with Crippen LogP contribution in [0.25, 0.3) is 10.6 Å². The van der Waals surface area contributed by atoms with Gasteiger partial charge in [0.15, 0.2) is 11.5 Å². The van der Waals surface area contributed by atoms with E-state index in [1.807, 2.05) is 18.2 Å². The van der Waals surface area contributed by atoms with Crippen LogP contribution in [0.3, 0.4) is 0 Å². The summed E-state index contributed by atoms with van der Waals surface area (Å²) in [5.74, 6) is 1.48. The molecule has 1 unspecified atom stereocenters. The highest BCUT2D eigenvalue weighted by atomic mass is 32.1. The molecule has 1 aliphatic rings. The van der Waals surface area contributed by atoms with Gasteiger partial charge in [0.05, 0.1) is 26.5 Å². The Bertz CT molecular complexity index is 918. The van der Waals surface area contributed by atoms with Gasteiger partial charge < -0.3 is 18.9 Å². The molecule has 1 saturated heterocycles. The van der Waals surface area contributed by atoms with Gasteiger partial charge in [-0.1, -0.05) is 0 Å². The average molecular weight is 385 g/mol. The molecule has 2 atom stereocenters. The van der Waals surface area contributed by atoms with Crippen LogP contribution >= 0.6 is 11.3 Å². The van der Waals surface area contributed by atoms with E-state index in [0.29, 0.717) is 6.04 Å². The Balaban J connectivity index is 1.52. The lowest BCUT2D eigenvalue weighted by Gasteiger charge is -2.21. The predicted molar refractivity (Wildman–Crippen MR) is 108 cm³/mol. The van der Waals surface area contributed by atoms with Gasteiger partial charge >= 0.3 is 0 Å². The second-order valence-electron chi connectivity index (χ2n) is 7.04.